The van der Waals surface area contributed by atoms with Gasteiger partial charge in [0.25, 0.3) is 5.91 Å². The number of aryl methyl sites for hydroxylation is 2. The van der Waals surface area contributed by atoms with Gasteiger partial charge in [-0.05, 0) is 24.5 Å². The van der Waals surface area contributed by atoms with Crippen LogP contribution in [-0.4, -0.2) is 23.5 Å². The average Bonchev–Trinajstić information content (AvgIpc) is 2.48. The van der Waals surface area contributed by atoms with E-state index in [1.165, 1.54) is 6.20 Å². The van der Waals surface area contributed by atoms with Crippen LogP contribution in [0.25, 0.3) is 0 Å². The zero-order valence-electron chi connectivity index (χ0n) is 12.6. The molecule has 0 aliphatic rings. The number of hydrogen-bond acceptors (Lipinski definition) is 4. The van der Waals surface area contributed by atoms with Gasteiger partial charge in [0, 0.05) is 18.4 Å². The molecule has 0 heterocycles. The van der Waals surface area contributed by atoms with E-state index in [9.17, 15) is 9.59 Å². The van der Waals surface area contributed by atoms with Crippen LogP contribution in [0.5, 0.6) is 0 Å². The molecule has 0 atom stereocenters. The number of carbonyl (C=O) groups excluding carboxylic acids is 1. The van der Waals surface area contributed by atoms with Crippen molar-refractivity contribution in [2.45, 2.75) is 26.7 Å². The molecule has 116 valence electrons. The Labute approximate surface area is 129 Å². The quantitative estimate of drug-likeness (QED) is 0.406. The average molecular weight is 301 g/mol. The maximum absolute atomic E-state index is 12.1. The first kappa shape index (κ1) is 17.2. The van der Waals surface area contributed by atoms with Crippen LogP contribution in [0, 0.1) is 18.3 Å². The molecule has 6 heteroatoms. The van der Waals surface area contributed by atoms with Gasteiger partial charge in [-0.2, -0.15) is 5.26 Å². The van der Waals surface area contributed by atoms with Crippen LogP contribution in [-0.2, 0) is 16.0 Å². The summed E-state index contributed by atoms with van der Waals surface area (Å²) < 4.78 is 0. The second kappa shape index (κ2) is 8.47. The fourth-order valence-corrected chi connectivity index (χ4v) is 1.88. The molecule has 0 saturated carbocycles. The fourth-order valence-electron chi connectivity index (χ4n) is 1.88. The van der Waals surface area contributed by atoms with Gasteiger partial charge >= 0.3 is 5.97 Å². The summed E-state index contributed by atoms with van der Waals surface area (Å²) in [6.07, 6.45) is 1.91. The van der Waals surface area contributed by atoms with Gasteiger partial charge in [0.2, 0.25) is 0 Å². The van der Waals surface area contributed by atoms with Crippen molar-refractivity contribution in [3.05, 3.63) is 41.1 Å². The summed E-state index contributed by atoms with van der Waals surface area (Å²) in [6.45, 7) is 4.02. The Morgan fingerprint density at radius 3 is 2.73 bits per heavy atom. The molecule has 0 saturated heterocycles. The summed E-state index contributed by atoms with van der Waals surface area (Å²) in [5.41, 5.74) is 2.52. The SMILES string of the molecule is CCc1cccc(C)c1NC(=O)/C(C#N)=C\NCCC(=O)O. The lowest BCUT2D eigenvalue weighted by molar-refractivity contribution is -0.136. The third-order valence-electron chi connectivity index (χ3n) is 3.07. The highest BCUT2D eigenvalue weighted by Crippen LogP contribution is 2.21. The van der Waals surface area contributed by atoms with Crippen LogP contribution in [0.4, 0.5) is 5.69 Å². The lowest BCUT2D eigenvalue weighted by Gasteiger charge is -2.12. The zero-order chi connectivity index (χ0) is 16.5. The van der Waals surface area contributed by atoms with Crippen molar-refractivity contribution in [1.82, 2.24) is 5.32 Å². The van der Waals surface area contributed by atoms with Crippen LogP contribution in [0.15, 0.2) is 30.0 Å². The van der Waals surface area contributed by atoms with E-state index in [2.05, 4.69) is 10.6 Å². The maximum atomic E-state index is 12.1. The molecular weight excluding hydrogens is 282 g/mol. The number of rotatable bonds is 7. The van der Waals surface area contributed by atoms with E-state index in [0.29, 0.717) is 5.69 Å². The van der Waals surface area contributed by atoms with Crippen molar-refractivity contribution in [2.24, 2.45) is 0 Å². The number of nitrogens with one attached hydrogen (secondary N) is 2. The predicted octanol–water partition coefficient (Wildman–Crippen LogP) is 1.97. The largest absolute Gasteiger partial charge is 0.481 e. The number of aliphatic carboxylic acids is 1. The maximum Gasteiger partial charge on any atom is 0.305 e. The number of carboxylic acid groups (broad SMARTS) is 1. The Kier molecular flexibility index (Phi) is 6.64. The van der Waals surface area contributed by atoms with E-state index < -0.39 is 11.9 Å². The third-order valence-corrected chi connectivity index (χ3v) is 3.07. The van der Waals surface area contributed by atoms with Crippen molar-refractivity contribution in [3.63, 3.8) is 0 Å². The minimum Gasteiger partial charge on any atom is -0.481 e. The summed E-state index contributed by atoms with van der Waals surface area (Å²) in [5, 5.41) is 23.0. The number of carbonyl (C=O) groups is 2. The Balaban J connectivity index is 2.80. The van der Waals surface area contributed by atoms with Crippen molar-refractivity contribution in [3.8, 4) is 6.07 Å². The number of nitriles is 1. The Morgan fingerprint density at radius 1 is 1.41 bits per heavy atom. The highest BCUT2D eigenvalue weighted by Gasteiger charge is 2.12. The zero-order valence-corrected chi connectivity index (χ0v) is 12.6. The van der Waals surface area contributed by atoms with Gasteiger partial charge in [-0.15, -0.1) is 0 Å². The Hall–Kier alpha value is -2.81. The second-order valence-electron chi connectivity index (χ2n) is 4.68. The van der Waals surface area contributed by atoms with E-state index in [4.69, 9.17) is 10.4 Å². The minimum atomic E-state index is -0.948. The van der Waals surface area contributed by atoms with Crippen LogP contribution in [0.2, 0.25) is 0 Å². The first-order valence-corrected chi connectivity index (χ1v) is 6.94. The molecule has 0 aliphatic heterocycles. The monoisotopic (exact) mass is 301 g/mol. The molecule has 0 fully saturated rings. The van der Waals surface area contributed by atoms with E-state index in [0.717, 1.165) is 17.5 Å². The molecule has 1 rings (SSSR count). The molecule has 3 N–H and O–H groups in total. The highest BCUT2D eigenvalue weighted by atomic mass is 16.4. The number of nitrogens with zero attached hydrogens (tertiary/aromatic N) is 1. The number of amides is 1. The smallest absolute Gasteiger partial charge is 0.305 e. The molecule has 0 bridgehead atoms. The number of benzene rings is 1. The number of para-hydroxylation sites is 1. The normalized spacial score (nSPS) is 10.7. The molecule has 1 amide bonds. The molecule has 0 aliphatic carbocycles. The van der Waals surface area contributed by atoms with E-state index in [1.807, 2.05) is 32.0 Å². The van der Waals surface area contributed by atoms with E-state index >= 15 is 0 Å². The van der Waals surface area contributed by atoms with Gasteiger partial charge in [0.15, 0.2) is 0 Å². The van der Waals surface area contributed by atoms with E-state index in [-0.39, 0.29) is 18.5 Å². The molecule has 1 aromatic carbocycles. The topological polar surface area (TPSA) is 102 Å². The van der Waals surface area contributed by atoms with Crippen molar-refractivity contribution in [2.75, 3.05) is 11.9 Å². The second-order valence-corrected chi connectivity index (χ2v) is 4.68. The van der Waals surface area contributed by atoms with Crippen LogP contribution >= 0.6 is 0 Å². The molecule has 6 nitrogen and oxygen atoms in total. The fraction of sp³-hybridized carbons (Fsp3) is 0.312. The summed E-state index contributed by atoms with van der Waals surface area (Å²) in [5.74, 6) is -1.47. The summed E-state index contributed by atoms with van der Waals surface area (Å²) in [6, 6.07) is 7.53. The molecule has 0 aromatic heterocycles. The third kappa shape index (κ3) is 4.94. The molecule has 0 radical (unpaired) electrons. The summed E-state index contributed by atoms with van der Waals surface area (Å²) >= 11 is 0. The lowest BCUT2D eigenvalue weighted by atomic mass is 10.1. The van der Waals surface area contributed by atoms with Crippen molar-refractivity contribution in [1.29, 1.82) is 5.26 Å². The highest BCUT2D eigenvalue weighted by molar-refractivity contribution is 6.07. The lowest BCUT2D eigenvalue weighted by Crippen LogP contribution is -2.19. The summed E-state index contributed by atoms with van der Waals surface area (Å²) in [7, 11) is 0. The molecule has 0 spiro atoms. The van der Waals surface area contributed by atoms with Crippen LogP contribution in [0.1, 0.15) is 24.5 Å². The van der Waals surface area contributed by atoms with Crippen molar-refractivity contribution < 1.29 is 14.7 Å². The van der Waals surface area contributed by atoms with Crippen LogP contribution < -0.4 is 10.6 Å². The van der Waals surface area contributed by atoms with Gasteiger partial charge in [0.05, 0.1) is 6.42 Å². The van der Waals surface area contributed by atoms with Gasteiger partial charge in [-0.25, -0.2) is 0 Å². The molecule has 1 aromatic rings. The molecule has 22 heavy (non-hydrogen) atoms. The predicted molar refractivity (Wildman–Crippen MR) is 83.1 cm³/mol. The molecular formula is C16H19N3O3. The number of anilines is 1. The van der Waals surface area contributed by atoms with Gasteiger partial charge in [0.1, 0.15) is 11.6 Å². The Morgan fingerprint density at radius 2 is 2.14 bits per heavy atom. The minimum absolute atomic E-state index is 0.0887. The van der Waals surface area contributed by atoms with Gasteiger partial charge in [-0.3, -0.25) is 9.59 Å². The Bertz CT molecular complexity index is 630. The first-order valence-electron chi connectivity index (χ1n) is 6.94. The molecule has 0 unspecified atom stereocenters. The number of hydrogen-bond donors (Lipinski definition) is 3. The van der Waals surface area contributed by atoms with Gasteiger partial charge in [-0.1, -0.05) is 25.1 Å². The standard InChI is InChI=1S/C16H19N3O3/c1-3-12-6-4-5-11(2)15(12)19-16(22)13(9-17)10-18-8-7-14(20)21/h4-6,10,18H,3,7-8H2,1-2H3,(H,19,22)(H,20,21)/b13-10-. The van der Waals surface area contributed by atoms with E-state index in [1.54, 1.807) is 6.07 Å². The number of carboxylic acids is 1. The summed E-state index contributed by atoms with van der Waals surface area (Å²) in [4.78, 5) is 22.5. The van der Waals surface area contributed by atoms with Crippen LogP contribution in [0.3, 0.4) is 0 Å². The van der Waals surface area contributed by atoms with Gasteiger partial charge < -0.3 is 15.7 Å². The van der Waals surface area contributed by atoms with Crippen molar-refractivity contribution >= 4 is 17.6 Å². The first-order chi connectivity index (χ1) is 10.5.